The van der Waals surface area contributed by atoms with Gasteiger partial charge in [0, 0.05) is 31.5 Å². The SMILES string of the molecule is CCOc1ccccc1CCCn1ccnc1[C@@H]1CCOC1. The zero-order valence-corrected chi connectivity index (χ0v) is 13.2. The number of imidazole rings is 1. The lowest BCUT2D eigenvalue weighted by Crippen LogP contribution is -2.10. The Hall–Kier alpha value is -1.81. The van der Waals surface area contributed by atoms with Gasteiger partial charge in [-0.2, -0.15) is 0 Å². The fraction of sp³-hybridized carbons (Fsp3) is 0.500. The lowest BCUT2D eigenvalue weighted by molar-refractivity contribution is 0.192. The third-order valence-corrected chi connectivity index (χ3v) is 4.16. The Kier molecular flexibility index (Phi) is 5.11. The molecular formula is C18H24N2O2. The highest BCUT2D eigenvalue weighted by Crippen LogP contribution is 2.24. The van der Waals surface area contributed by atoms with Crippen molar-refractivity contribution in [2.45, 2.75) is 38.6 Å². The molecule has 0 amide bonds. The second-order valence-electron chi connectivity index (χ2n) is 5.68. The highest BCUT2D eigenvalue weighted by Gasteiger charge is 2.21. The maximum Gasteiger partial charge on any atom is 0.122 e. The molecule has 3 rings (SSSR count). The molecule has 22 heavy (non-hydrogen) atoms. The lowest BCUT2D eigenvalue weighted by Gasteiger charge is -2.13. The number of nitrogens with zero attached hydrogens (tertiary/aromatic N) is 2. The van der Waals surface area contributed by atoms with Crippen LogP contribution >= 0.6 is 0 Å². The Bertz CT molecular complexity index is 588. The van der Waals surface area contributed by atoms with Crippen LogP contribution < -0.4 is 4.74 Å². The van der Waals surface area contributed by atoms with Crippen LogP contribution in [0.1, 0.15) is 37.1 Å². The second-order valence-corrected chi connectivity index (χ2v) is 5.68. The third-order valence-electron chi connectivity index (χ3n) is 4.16. The van der Waals surface area contributed by atoms with Crippen LogP contribution in [0.3, 0.4) is 0 Å². The number of aryl methyl sites for hydroxylation is 2. The van der Waals surface area contributed by atoms with Crippen molar-refractivity contribution < 1.29 is 9.47 Å². The minimum Gasteiger partial charge on any atom is -0.494 e. The molecule has 118 valence electrons. The molecule has 0 aliphatic carbocycles. The first kappa shape index (κ1) is 15.1. The monoisotopic (exact) mass is 300 g/mol. The van der Waals surface area contributed by atoms with Gasteiger partial charge in [-0.25, -0.2) is 4.98 Å². The number of hydrogen-bond acceptors (Lipinski definition) is 3. The molecule has 2 aromatic rings. The Labute approximate surface area is 132 Å². The van der Waals surface area contributed by atoms with E-state index >= 15 is 0 Å². The summed E-state index contributed by atoms with van der Waals surface area (Å²) in [5.41, 5.74) is 1.29. The van der Waals surface area contributed by atoms with Gasteiger partial charge < -0.3 is 14.0 Å². The van der Waals surface area contributed by atoms with Gasteiger partial charge in [0.05, 0.1) is 13.2 Å². The average Bonchev–Trinajstić information content (AvgIpc) is 3.20. The van der Waals surface area contributed by atoms with Crippen LogP contribution in [0.5, 0.6) is 5.75 Å². The van der Waals surface area contributed by atoms with Crippen molar-refractivity contribution in [3.8, 4) is 5.75 Å². The molecule has 0 N–H and O–H groups in total. The molecule has 0 saturated carbocycles. The first-order valence-electron chi connectivity index (χ1n) is 8.18. The van der Waals surface area contributed by atoms with E-state index in [1.165, 1.54) is 11.4 Å². The van der Waals surface area contributed by atoms with E-state index in [1.54, 1.807) is 0 Å². The third kappa shape index (κ3) is 3.50. The summed E-state index contributed by atoms with van der Waals surface area (Å²) in [7, 11) is 0. The van der Waals surface area contributed by atoms with Gasteiger partial charge in [0.2, 0.25) is 0 Å². The number of hydrogen-bond donors (Lipinski definition) is 0. The van der Waals surface area contributed by atoms with Gasteiger partial charge >= 0.3 is 0 Å². The van der Waals surface area contributed by atoms with Crippen LogP contribution in [-0.4, -0.2) is 29.4 Å². The molecule has 0 radical (unpaired) electrons. The van der Waals surface area contributed by atoms with Gasteiger partial charge in [-0.15, -0.1) is 0 Å². The van der Waals surface area contributed by atoms with E-state index in [1.807, 2.05) is 19.2 Å². The lowest BCUT2D eigenvalue weighted by atomic mass is 10.1. The molecular weight excluding hydrogens is 276 g/mol. The minimum atomic E-state index is 0.464. The van der Waals surface area contributed by atoms with Gasteiger partial charge in [0.25, 0.3) is 0 Å². The molecule has 0 bridgehead atoms. The van der Waals surface area contributed by atoms with Crippen LogP contribution in [-0.2, 0) is 17.7 Å². The number of ether oxygens (including phenoxy) is 2. The van der Waals surface area contributed by atoms with Crippen LogP contribution in [0.25, 0.3) is 0 Å². The fourth-order valence-corrected chi connectivity index (χ4v) is 3.05. The van der Waals surface area contributed by atoms with E-state index in [4.69, 9.17) is 9.47 Å². The maximum absolute atomic E-state index is 5.69. The second kappa shape index (κ2) is 7.45. The van der Waals surface area contributed by atoms with E-state index in [0.717, 1.165) is 44.8 Å². The molecule has 1 aromatic heterocycles. The smallest absolute Gasteiger partial charge is 0.122 e. The van der Waals surface area contributed by atoms with Crippen molar-refractivity contribution in [3.63, 3.8) is 0 Å². The van der Waals surface area contributed by atoms with E-state index in [9.17, 15) is 0 Å². The summed E-state index contributed by atoms with van der Waals surface area (Å²) in [6.45, 7) is 5.40. The highest BCUT2D eigenvalue weighted by molar-refractivity contribution is 5.33. The predicted octanol–water partition coefficient (Wildman–Crippen LogP) is 3.42. The molecule has 0 spiro atoms. The van der Waals surface area contributed by atoms with E-state index in [-0.39, 0.29) is 0 Å². The Balaban J connectivity index is 1.58. The summed E-state index contributed by atoms with van der Waals surface area (Å²) in [5.74, 6) is 2.65. The van der Waals surface area contributed by atoms with Crippen LogP contribution in [0.4, 0.5) is 0 Å². The van der Waals surface area contributed by atoms with E-state index in [0.29, 0.717) is 12.5 Å². The van der Waals surface area contributed by atoms with Crippen LogP contribution in [0, 0.1) is 0 Å². The Morgan fingerprint density at radius 1 is 1.36 bits per heavy atom. The molecule has 1 saturated heterocycles. The van der Waals surface area contributed by atoms with Crippen molar-refractivity contribution in [1.82, 2.24) is 9.55 Å². The molecule has 4 nitrogen and oxygen atoms in total. The van der Waals surface area contributed by atoms with Gasteiger partial charge in [-0.3, -0.25) is 0 Å². The molecule has 2 heterocycles. The minimum absolute atomic E-state index is 0.464. The number of rotatable bonds is 7. The molecule has 1 aromatic carbocycles. The van der Waals surface area contributed by atoms with Gasteiger partial charge in [-0.05, 0) is 37.8 Å². The molecule has 0 unspecified atom stereocenters. The Morgan fingerprint density at radius 3 is 3.09 bits per heavy atom. The normalized spacial score (nSPS) is 17.8. The summed E-state index contributed by atoms with van der Waals surface area (Å²) in [6.07, 6.45) is 7.18. The van der Waals surface area contributed by atoms with Crippen molar-refractivity contribution in [2.24, 2.45) is 0 Å². The zero-order chi connectivity index (χ0) is 15.2. The Morgan fingerprint density at radius 2 is 2.27 bits per heavy atom. The highest BCUT2D eigenvalue weighted by atomic mass is 16.5. The van der Waals surface area contributed by atoms with E-state index < -0.39 is 0 Å². The first-order valence-corrected chi connectivity index (χ1v) is 8.18. The molecule has 1 aliphatic rings. The van der Waals surface area contributed by atoms with Gasteiger partial charge in [0.15, 0.2) is 0 Å². The summed E-state index contributed by atoms with van der Waals surface area (Å²) in [4.78, 5) is 4.53. The summed E-state index contributed by atoms with van der Waals surface area (Å²) in [5, 5.41) is 0. The standard InChI is InChI=1S/C18H24N2O2/c1-2-22-17-8-4-3-6-15(17)7-5-11-20-12-10-19-18(20)16-9-13-21-14-16/h3-4,6,8,10,12,16H,2,5,7,9,11,13-14H2,1H3/t16-/m1/s1. The average molecular weight is 300 g/mol. The number of aromatic nitrogens is 2. The number of benzene rings is 1. The van der Waals surface area contributed by atoms with Crippen molar-refractivity contribution in [1.29, 1.82) is 0 Å². The largest absolute Gasteiger partial charge is 0.494 e. The summed E-state index contributed by atoms with van der Waals surface area (Å²) in [6, 6.07) is 8.32. The zero-order valence-electron chi connectivity index (χ0n) is 13.2. The summed E-state index contributed by atoms with van der Waals surface area (Å²) < 4.78 is 13.5. The van der Waals surface area contributed by atoms with Crippen molar-refractivity contribution >= 4 is 0 Å². The summed E-state index contributed by atoms with van der Waals surface area (Å²) >= 11 is 0. The molecule has 1 fully saturated rings. The van der Waals surface area contributed by atoms with Crippen molar-refractivity contribution in [2.75, 3.05) is 19.8 Å². The number of para-hydroxylation sites is 1. The van der Waals surface area contributed by atoms with Gasteiger partial charge in [0.1, 0.15) is 11.6 Å². The maximum atomic E-state index is 5.69. The topological polar surface area (TPSA) is 36.3 Å². The predicted molar refractivity (Wildman–Crippen MR) is 86.3 cm³/mol. The first-order chi connectivity index (χ1) is 10.9. The van der Waals surface area contributed by atoms with Crippen LogP contribution in [0.15, 0.2) is 36.7 Å². The van der Waals surface area contributed by atoms with Crippen LogP contribution in [0.2, 0.25) is 0 Å². The molecule has 1 atom stereocenters. The van der Waals surface area contributed by atoms with Crippen molar-refractivity contribution in [3.05, 3.63) is 48.0 Å². The van der Waals surface area contributed by atoms with Gasteiger partial charge in [-0.1, -0.05) is 18.2 Å². The fourth-order valence-electron chi connectivity index (χ4n) is 3.05. The molecule has 1 aliphatic heterocycles. The van der Waals surface area contributed by atoms with E-state index in [2.05, 4.69) is 33.9 Å². The molecule has 4 heteroatoms. The quantitative estimate of drug-likeness (QED) is 0.786.